The summed E-state index contributed by atoms with van der Waals surface area (Å²) < 4.78 is 70.5. The lowest BCUT2D eigenvalue weighted by atomic mass is 10.1. The Kier molecular flexibility index (Phi) is 8.57. The fourth-order valence-electron chi connectivity index (χ4n) is 3.74. The van der Waals surface area contributed by atoms with Crippen LogP contribution in [0.5, 0.6) is 5.88 Å². The summed E-state index contributed by atoms with van der Waals surface area (Å²) in [4.78, 5) is 49.1. The number of carbonyl (C=O) groups is 3. The number of ether oxygens (including phenoxy) is 2. The number of nitrogens with zero attached hydrogens (tertiary/aromatic N) is 3. The Balaban J connectivity index is 1.69. The number of aromatic nitrogens is 2. The Labute approximate surface area is 242 Å². The fraction of sp³-hybridized carbons (Fsp3) is 0.0800. The zero-order valence-corrected chi connectivity index (χ0v) is 23.7. The molecule has 0 atom stereocenters. The Morgan fingerprint density at radius 3 is 2.12 bits per heavy atom. The first-order valence-corrected chi connectivity index (χ1v) is 14.5. The molecule has 0 spiro atoms. The van der Waals surface area contributed by atoms with Gasteiger partial charge in [-0.2, -0.15) is 26.9 Å². The van der Waals surface area contributed by atoms with Gasteiger partial charge in [-0.15, -0.1) is 0 Å². The number of amides is 1. The number of methoxy groups -OCH3 is 1. The quantitative estimate of drug-likeness (QED) is 0.104. The van der Waals surface area contributed by atoms with Crippen molar-refractivity contribution in [1.82, 2.24) is 9.78 Å². The normalized spacial score (nSPS) is 14.8. The summed E-state index contributed by atoms with van der Waals surface area (Å²) >= 11 is 0. The van der Waals surface area contributed by atoms with Gasteiger partial charge < -0.3 is 9.47 Å². The summed E-state index contributed by atoms with van der Waals surface area (Å²) in [5.74, 6) is -2.08. The molecule has 4 rings (SSSR count). The van der Waals surface area contributed by atoms with E-state index in [1.807, 2.05) is 0 Å². The van der Waals surface area contributed by atoms with Crippen LogP contribution in [0.2, 0.25) is 0 Å². The molecule has 2 N–H and O–H groups in total. The third-order valence-corrected chi connectivity index (χ3v) is 7.98. The Morgan fingerprint density at radius 2 is 1.56 bits per heavy atom. The molecule has 16 nitrogen and oxygen atoms in total. The first-order valence-electron chi connectivity index (χ1n) is 11.7. The number of nitrogens with one attached hydrogen (secondary N) is 1. The van der Waals surface area contributed by atoms with Crippen molar-refractivity contribution in [2.45, 2.75) is 9.79 Å². The van der Waals surface area contributed by atoms with Crippen molar-refractivity contribution in [2.24, 2.45) is 5.10 Å². The van der Waals surface area contributed by atoms with Crippen LogP contribution in [0.15, 0.2) is 85.9 Å². The average molecular weight is 633 g/mol. The molecule has 0 saturated heterocycles. The predicted octanol–water partition coefficient (Wildman–Crippen LogP) is 0.798. The van der Waals surface area contributed by atoms with E-state index in [0.717, 1.165) is 42.1 Å². The van der Waals surface area contributed by atoms with Gasteiger partial charge in [0.05, 0.1) is 41.0 Å². The first kappa shape index (κ1) is 30.8. The second-order valence-electron chi connectivity index (χ2n) is 8.29. The molecule has 0 unspecified atom stereocenters. The van der Waals surface area contributed by atoms with Crippen molar-refractivity contribution in [2.75, 3.05) is 19.2 Å². The molecular formula is C25H20N4O12S2. The summed E-state index contributed by atoms with van der Waals surface area (Å²) in [6, 6.07) is 9.42. The van der Waals surface area contributed by atoms with Crippen LogP contribution in [0.25, 0.3) is 11.8 Å². The average Bonchev–Trinajstić information content (AvgIpc) is 3.48. The van der Waals surface area contributed by atoms with Gasteiger partial charge in [0.25, 0.3) is 38.2 Å². The second-order valence-corrected chi connectivity index (χ2v) is 11.4. The van der Waals surface area contributed by atoms with Gasteiger partial charge in [-0.05, 0) is 60.7 Å². The number of rotatable bonds is 10. The minimum Gasteiger partial charge on any atom is -0.464 e. The minimum absolute atomic E-state index is 0.0608. The minimum atomic E-state index is -4.50. The monoisotopic (exact) mass is 632 g/mol. The lowest BCUT2D eigenvalue weighted by Crippen LogP contribution is -2.22. The van der Waals surface area contributed by atoms with Gasteiger partial charge in [-0.25, -0.2) is 9.48 Å². The van der Waals surface area contributed by atoms with Gasteiger partial charge in [0.2, 0.25) is 5.88 Å². The number of carbonyl (C=O) groups excluding carboxylic acids is 3. The van der Waals surface area contributed by atoms with Crippen molar-refractivity contribution < 1.29 is 49.4 Å². The highest BCUT2D eigenvalue weighted by Gasteiger charge is 2.35. The van der Waals surface area contributed by atoms with Crippen LogP contribution < -0.4 is 15.3 Å². The molecule has 0 fully saturated rings. The maximum absolute atomic E-state index is 13.1. The highest BCUT2D eigenvalue weighted by Crippen LogP contribution is 2.26. The SMILES string of the molecule is COC(=O)C1=NN(c2ccc(S(=O)(=O)O)cc2)C(=O)C1=CC=Cc1c(OC=O)[nH]n(-c2ccc(S(=O)(=O)OC)cc2)c1=O. The van der Waals surface area contributed by atoms with E-state index in [0.29, 0.717) is 0 Å². The van der Waals surface area contributed by atoms with Gasteiger partial charge >= 0.3 is 5.97 Å². The molecule has 43 heavy (non-hydrogen) atoms. The third kappa shape index (κ3) is 6.21. The maximum atomic E-state index is 13.1. The topological polar surface area (TPSA) is 221 Å². The van der Waals surface area contributed by atoms with Gasteiger partial charge in [0, 0.05) is 0 Å². The van der Waals surface area contributed by atoms with Crippen molar-refractivity contribution in [3.05, 3.63) is 82.2 Å². The van der Waals surface area contributed by atoms with Gasteiger partial charge in [0.1, 0.15) is 5.56 Å². The van der Waals surface area contributed by atoms with Crippen LogP contribution in [-0.2, 0) is 43.5 Å². The maximum Gasteiger partial charge on any atom is 0.359 e. The summed E-state index contributed by atoms with van der Waals surface area (Å²) in [6.07, 6.45) is 3.53. The van der Waals surface area contributed by atoms with E-state index in [4.69, 9.17) is 9.47 Å². The number of aromatic amines is 1. The Morgan fingerprint density at radius 1 is 0.953 bits per heavy atom. The van der Waals surface area contributed by atoms with E-state index in [9.17, 15) is 40.6 Å². The zero-order chi connectivity index (χ0) is 31.5. The van der Waals surface area contributed by atoms with E-state index in [-0.39, 0.29) is 39.8 Å². The molecule has 0 aliphatic carbocycles. The molecule has 3 aromatic rings. The number of H-pyrrole nitrogens is 1. The van der Waals surface area contributed by atoms with E-state index in [1.54, 1.807) is 0 Å². The van der Waals surface area contributed by atoms with Crippen LogP contribution >= 0.6 is 0 Å². The summed E-state index contributed by atoms with van der Waals surface area (Å²) in [5, 5.41) is 7.34. The lowest BCUT2D eigenvalue weighted by Gasteiger charge is -2.11. The van der Waals surface area contributed by atoms with Gasteiger partial charge in [0.15, 0.2) is 5.71 Å². The van der Waals surface area contributed by atoms with E-state index in [2.05, 4.69) is 14.4 Å². The van der Waals surface area contributed by atoms with Crippen LogP contribution in [-0.4, -0.2) is 69.4 Å². The largest absolute Gasteiger partial charge is 0.464 e. The van der Waals surface area contributed by atoms with E-state index in [1.165, 1.54) is 48.6 Å². The van der Waals surface area contributed by atoms with Crippen LogP contribution in [0, 0.1) is 0 Å². The molecule has 0 bridgehead atoms. The molecule has 2 heterocycles. The summed E-state index contributed by atoms with van der Waals surface area (Å²) in [5.41, 5.74) is -1.34. The fourth-order valence-corrected chi connectivity index (χ4v) is 4.88. The Bertz CT molecular complexity index is 1970. The first-order chi connectivity index (χ1) is 20.3. The third-order valence-electron chi connectivity index (χ3n) is 5.82. The molecule has 2 aromatic carbocycles. The number of hydrogen-bond acceptors (Lipinski definition) is 12. The molecule has 0 radical (unpaired) electrons. The molecule has 224 valence electrons. The van der Waals surface area contributed by atoms with Crippen molar-refractivity contribution in [1.29, 1.82) is 0 Å². The van der Waals surface area contributed by atoms with E-state index < -0.39 is 48.3 Å². The lowest BCUT2D eigenvalue weighted by molar-refractivity contribution is -0.132. The summed E-state index contributed by atoms with van der Waals surface area (Å²) in [7, 11) is -6.41. The number of allylic oxidation sites excluding steroid dienone is 2. The smallest absolute Gasteiger partial charge is 0.359 e. The molecule has 1 aliphatic heterocycles. The second kappa shape index (κ2) is 12.0. The summed E-state index contributed by atoms with van der Waals surface area (Å²) in [6.45, 7) is 0.0629. The molecular weight excluding hydrogens is 612 g/mol. The number of benzene rings is 2. The van der Waals surface area contributed by atoms with Crippen LogP contribution in [0.1, 0.15) is 5.56 Å². The predicted molar refractivity (Wildman–Crippen MR) is 148 cm³/mol. The van der Waals surface area contributed by atoms with Crippen molar-refractivity contribution in [3.63, 3.8) is 0 Å². The molecule has 0 saturated carbocycles. The van der Waals surface area contributed by atoms with E-state index >= 15 is 0 Å². The molecule has 1 aromatic heterocycles. The van der Waals surface area contributed by atoms with Gasteiger partial charge in [-0.1, -0.05) is 6.08 Å². The highest BCUT2D eigenvalue weighted by atomic mass is 32.2. The number of anilines is 1. The van der Waals surface area contributed by atoms with Crippen molar-refractivity contribution in [3.8, 4) is 11.6 Å². The molecule has 1 amide bonds. The molecule has 1 aliphatic rings. The highest BCUT2D eigenvalue weighted by molar-refractivity contribution is 7.86. The Hall–Kier alpha value is -5.17. The van der Waals surface area contributed by atoms with Gasteiger partial charge in [-0.3, -0.25) is 28.2 Å². The number of esters is 1. The number of hydrazone groups is 1. The molecule has 18 heteroatoms. The van der Waals surface area contributed by atoms with Crippen LogP contribution in [0.4, 0.5) is 5.69 Å². The van der Waals surface area contributed by atoms with Crippen molar-refractivity contribution >= 4 is 56.1 Å². The zero-order valence-electron chi connectivity index (χ0n) is 22.0. The van der Waals surface area contributed by atoms with Crippen LogP contribution in [0.3, 0.4) is 0 Å². The standard InChI is InChI=1S/C25H20N4O12S2/c1-39-25(33)21-19(23(31)28(26-21)15-6-10-17(11-7-15)42(34,35)36)4-3-5-20-22(41-14-30)27-29(24(20)32)16-8-12-18(13-9-16)43(37,38)40-2/h3-14,27H,1-2H3,(H,34,35,36). The number of hydrogen-bond donors (Lipinski definition) is 2.